The summed E-state index contributed by atoms with van der Waals surface area (Å²) in [7, 11) is 3.97. The van der Waals surface area contributed by atoms with Gasteiger partial charge in [0, 0.05) is 35.4 Å². The van der Waals surface area contributed by atoms with Crippen molar-refractivity contribution in [2.45, 2.75) is 19.3 Å². The summed E-state index contributed by atoms with van der Waals surface area (Å²) in [5.41, 5.74) is 5.33. The molecular weight excluding hydrogens is 484 g/mol. The zero-order valence-electron chi connectivity index (χ0n) is 21.1. The molecule has 7 heteroatoms. The lowest BCUT2D eigenvalue weighted by Crippen LogP contribution is -2.34. The largest absolute Gasteiger partial charge is 0.354 e. The Morgan fingerprint density at radius 1 is 1.05 bits per heavy atom. The highest BCUT2D eigenvalue weighted by Crippen LogP contribution is 2.39. The molecule has 2 heterocycles. The minimum Gasteiger partial charge on any atom is -0.354 e. The Bertz CT molecular complexity index is 1330. The molecule has 5 rings (SSSR count). The van der Waals surface area contributed by atoms with E-state index < -0.39 is 0 Å². The Hall–Kier alpha value is -3.61. The summed E-state index contributed by atoms with van der Waals surface area (Å²) < 4.78 is 0. The van der Waals surface area contributed by atoms with Gasteiger partial charge in [0.25, 0.3) is 5.91 Å². The van der Waals surface area contributed by atoms with Crippen LogP contribution >= 0.6 is 11.6 Å². The number of anilines is 3. The van der Waals surface area contributed by atoms with E-state index >= 15 is 0 Å². The van der Waals surface area contributed by atoms with E-state index in [4.69, 9.17) is 11.6 Å². The van der Waals surface area contributed by atoms with Crippen molar-refractivity contribution in [3.05, 3.63) is 88.9 Å². The van der Waals surface area contributed by atoms with Crippen molar-refractivity contribution < 1.29 is 9.59 Å². The van der Waals surface area contributed by atoms with Crippen LogP contribution in [0.1, 0.15) is 30.4 Å². The highest BCUT2D eigenvalue weighted by atomic mass is 35.5. The first kappa shape index (κ1) is 25.1. The molecule has 2 N–H and O–H groups in total. The molecule has 1 fully saturated rings. The summed E-state index contributed by atoms with van der Waals surface area (Å²) in [6.45, 7) is 2.10. The maximum absolute atomic E-state index is 13.0. The van der Waals surface area contributed by atoms with Gasteiger partial charge in [0.05, 0.1) is 17.0 Å². The highest BCUT2D eigenvalue weighted by Gasteiger charge is 2.28. The van der Waals surface area contributed by atoms with Crippen LogP contribution in [0.2, 0.25) is 5.02 Å². The fourth-order valence-corrected chi connectivity index (χ4v) is 5.16. The van der Waals surface area contributed by atoms with Crippen LogP contribution in [-0.2, 0) is 9.59 Å². The third-order valence-electron chi connectivity index (χ3n) is 7.24. The van der Waals surface area contributed by atoms with Crippen molar-refractivity contribution in [2.24, 2.45) is 5.92 Å². The molecule has 2 amide bonds. The Labute approximate surface area is 222 Å². The molecule has 3 aromatic rings. The van der Waals surface area contributed by atoms with Crippen LogP contribution < -0.4 is 15.5 Å². The molecule has 1 saturated heterocycles. The zero-order valence-corrected chi connectivity index (χ0v) is 21.9. The summed E-state index contributed by atoms with van der Waals surface area (Å²) >= 11 is 6.16. The minimum absolute atomic E-state index is 0.139. The summed E-state index contributed by atoms with van der Waals surface area (Å²) in [5, 5.41) is 6.96. The first-order valence-electron chi connectivity index (χ1n) is 12.6. The number of fused-ring (bicyclic) bond motifs is 1. The van der Waals surface area contributed by atoms with E-state index in [9.17, 15) is 9.59 Å². The Balaban J connectivity index is 1.38. The third kappa shape index (κ3) is 5.55. The van der Waals surface area contributed by atoms with E-state index in [2.05, 4.69) is 22.6 Å². The van der Waals surface area contributed by atoms with Crippen LogP contribution in [0.4, 0.5) is 17.1 Å². The highest BCUT2D eigenvalue weighted by molar-refractivity contribution is 6.38. The van der Waals surface area contributed by atoms with E-state index in [1.165, 1.54) is 0 Å². The van der Waals surface area contributed by atoms with Crippen LogP contribution in [0.25, 0.3) is 11.3 Å². The molecule has 2 aliphatic rings. The monoisotopic (exact) mass is 514 g/mol. The quantitative estimate of drug-likeness (QED) is 0.398. The number of likely N-dealkylation sites (tertiary alicyclic amines) is 1. The number of piperidine rings is 1. The fourth-order valence-electron chi connectivity index (χ4n) is 4.98. The number of nitrogens with zero attached hydrogens (tertiary/aromatic N) is 2. The summed E-state index contributed by atoms with van der Waals surface area (Å²) in [6.07, 6.45) is 2.71. The SMILES string of the molecule is CN1CCC(CC(=O)N(C)c2ccc(NC(=C3C(=O)Nc4cc(Cl)ccc43)c3ccccc3)cc2)CC1. The fraction of sp³-hybridized carbons (Fsp3) is 0.267. The molecule has 3 aromatic carbocycles. The van der Waals surface area contributed by atoms with Crippen LogP contribution in [-0.4, -0.2) is 43.9 Å². The molecule has 0 bridgehead atoms. The Morgan fingerprint density at radius 2 is 1.76 bits per heavy atom. The summed E-state index contributed by atoms with van der Waals surface area (Å²) in [5.74, 6) is 0.405. The number of amides is 2. The van der Waals surface area contributed by atoms with E-state index in [0.717, 1.165) is 48.4 Å². The second kappa shape index (κ2) is 10.8. The van der Waals surface area contributed by atoms with E-state index in [1.807, 2.05) is 67.7 Å². The van der Waals surface area contributed by atoms with Gasteiger partial charge in [0.1, 0.15) is 0 Å². The molecule has 0 unspecified atom stereocenters. The minimum atomic E-state index is -0.181. The van der Waals surface area contributed by atoms with Crippen molar-refractivity contribution in [1.82, 2.24) is 4.90 Å². The topological polar surface area (TPSA) is 64.7 Å². The number of halogens is 1. The van der Waals surface area contributed by atoms with Crippen molar-refractivity contribution in [1.29, 1.82) is 0 Å². The lowest BCUT2D eigenvalue weighted by molar-refractivity contribution is -0.119. The number of nitrogens with one attached hydrogen (secondary N) is 2. The molecule has 0 atom stereocenters. The second-order valence-electron chi connectivity index (χ2n) is 9.84. The number of rotatable bonds is 6. The summed E-state index contributed by atoms with van der Waals surface area (Å²) in [6, 6.07) is 22.9. The second-order valence-corrected chi connectivity index (χ2v) is 10.3. The normalized spacial score (nSPS) is 17.2. The molecule has 2 aliphatic heterocycles. The number of carbonyl (C=O) groups is 2. The van der Waals surface area contributed by atoms with Crippen molar-refractivity contribution in [2.75, 3.05) is 42.7 Å². The Morgan fingerprint density at radius 3 is 2.46 bits per heavy atom. The molecule has 190 valence electrons. The average Bonchev–Trinajstić information content (AvgIpc) is 3.23. The number of hydrogen-bond donors (Lipinski definition) is 2. The van der Waals surface area contributed by atoms with E-state index in [0.29, 0.717) is 34.3 Å². The van der Waals surface area contributed by atoms with Gasteiger partial charge < -0.3 is 20.4 Å². The number of hydrogen-bond acceptors (Lipinski definition) is 4. The predicted octanol–water partition coefficient (Wildman–Crippen LogP) is 5.97. The lowest BCUT2D eigenvalue weighted by atomic mass is 9.93. The maximum Gasteiger partial charge on any atom is 0.258 e. The van der Waals surface area contributed by atoms with Gasteiger partial charge in [0.2, 0.25) is 5.91 Å². The predicted molar refractivity (Wildman–Crippen MR) is 152 cm³/mol. The van der Waals surface area contributed by atoms with Crippen LogP contribution in [0, 0.1) is 5.92 Å². The molecule has 6 nitrogen and oxygen atoms in total. The van der Waals surface area contributed by atoms with Crippen LogP contribution in [0.3, 0.4) is 0 Å². The molecule has 0 aromatic heterocycles. The van der Waals surface area contributed by atoms with Crippen molar-refractivity contribution >= 4 is 51.7 Å². The van der Waals surface area contributed by atoms with E-state index in [-0.39, 0.29) is 11.8 Å². The third-order valence-corrected chi connectivity index (χ3v) is 7.47. The standard InChI is InChI=1S/C30H31ClN4O2/c1-34-16-14-20(15-17-34)18-27(36)35(2)24-11-9-23(10-12-24)32-29(21-6-4-3-5-7-21)28-25-13-8-22(31)19-26(25)33-30(28)37/h3-13,19-20,32H,14-18H2,1-2H3,(H,33,37). The summed E-state index contributed by atoms with van der Waals surface area (Å²) in [4.78, 5) is 30.0. The molecular formula is C30H31ClN4O2. The lowest BCUT2D eigenvalue weighted by Gasteiger charge is -2.29. The first-order chi connectivity index (χ1) is 17.9. The average molecular weight is 515 g/mol. The van der Waals surface area contributed by atoms with Crippen LogP contribution in [0.15, 0.2) is 72.8 Å². The van der Waals surface area contributed by atoms with Gasteiger partial charge in [-0.05, 0) is 80.9 Å². The van der Waals surface area contributed by atoms with Gasteiger partial charge in [-0.15, -0.1) is 0 Å². The molecule has 0 radical (unpaired) electrons. The molecule has 0 spiro atoms. The first-order valence-corrected chi connectivity index (χ1v) is 13.0. The van der Waals surface area contributed by atoms with Gasteiger partial charge in [0.15, 0.2) is 0 Å². The number of benzene rings is 3. The van der Waals surface area contributed by atoms with Gasteiger partial charge in [-0.25, -0.2) is 0 Å². The maximum atomic E-state index is 13.0. The zero-order chi connectivity index (χ0) is 25.9. The molecule has 0 aliphatic carbocycles. The molecule has 37 heavy (non-hydrogen) atoms. The molecule has 0 saturated carbocycles. The van der Waals surface area contributed by atoms with Gasteiger partial charge in [-0.3, -0.25) is 9.59 Å². The van der Waals surface area contributed by atoms with Gasteiger partial charge in [-0.1, -0.05) is 48.0 Å². The smallest absolute Gasteiger partial charge is 0.258 e. The van der Waals surface area contributed by atoms with Crippen molar-refractivity contribution in [3.8, 4) is 0 Å². The van der Waals surface area contributed by atoms with Crippen molar-refractivity contribution in [3.63, 3.8) is 0 Å². The van der Waals surface area contributed by atoms with Gasteiger partial charge in [-0.2, -0.15) is 0 Å². The number of carbonyl (C=O) groups excluding carboxylic acids is 2. The Kier molecular flexibility index (Phi) is 7.31. The van der Waals surface area contributed by atoms with Crippen LogP contribution in [0.5, 0.6) is 0 Å². The van der Waals surface area contributed by atoms with Gasteiger partial charge >= 0.3 is 0 Å². The van der Waals surface area contributed by atoms with E-state index in [1.54, 1.807) is 17.0 Å².